The summed E-state index contributed by atoms with van der Waals surface area (Å²) in [6, 6.07) is 10.4. The summed E-state index contributed by atoms with van der Waals surface area (Å²) in [5, 5.41) is 2.72. The van der Waals surface area contributed by atoms with Gasteiger partial charge in [-0.25, -0.2) is 9.18 Å². The van der Waals surface area contributed by atoms with Crippen molar-refractivity contribution in [3.8, 4) is 5.75 Å². The third-order valence-corrected chi connectivity index (χ3v) is 3.49. The fraction of sp³-hybridized carbons (Fsp3) is 0.222. The number of amides is 1. The number of anilines is 1. The molecule has 1 N–H and O–H groups in total. The van der Waals surface area contributed by atoms with Crippen molar-refractivity contribution >= 4 is 17.6 Å². The Balaban J connectivity index is 2.08. The number of halogens is 1. The van der Waals surface area contributed by atoms with Gasteiger partial charge in [-0.1, -0.05) is 6.07 Å². The summed E-state index contributed by atoms with van der Waals surface area (Å²) in [4.78, 5) is 23.9. The van der Waals surface area contributed by atoms with E-state index in [0.29, 0.717) is 22.6 Å². The number of rotatable bonds is 5. The van der Waals surface area contributed by atoms with Crippen molar-refractivity contribution in [2.75, 3.05) is 12.4 Å². The summed E-state index contributed by atoms with van der Waals surface area (Å²) in [5.41, 5.74) is 1.48. The largest absolute Gasteiger partial charge is 0.481 e. The average Bonchev–Trinajstić information content (AvgIpc) is 2.58. The van der Waals surface area contributed by atoms with Crippen LogP contribution in [0.3, 0.4) is 0 Å². The molecule has 0 fully saturated rings. The number of hydrogen-bond acceptors (Lipinski definition) is 4. The standard InChI is InChI=1S/C18H18FNO4/c1-11-15(18(22)23-3)5-4-6-16(11)20-17(21)12(2)24-14-9-7-13(19)8-10-14/h4-10,12H,1-3H3,(H,20,21)/t12-/m0/s1. The summed E-state index contributed by atoms with van der Waals surface area (Å²) in [7, 11) is 1.30. The van der Waals surface area contributed by atoms with Gasteiger partial charge in [0.1, 0.15) is 11.6 Å². The van der Waals surface area contributed by atoms with E-state index in [4.69, 9.17) is 9.47 Å². The first-order valence-corrected chi connectivity index (χ1v) is 7.33. The van der Waals surface area contributed by atoms with Crippen molar-refractivity contribution in [3.05, 3.63) is 59.4 Å². The summed E-state index contributed by atoms with van der Waals surface area (Å²) in [6.45, 7) is 3.30. The van der Waals surface area contributed by atoms with Gasteiger partial charge in [0.25, 0.3) is 5.91 Å². The molecule has 0 saturated heterocycles. The van der Waals surface area contributed by atoms with Crippen LogP contribution in [0.4, 0.5) is 10.1 Å². The number of esters is 1. The monoisotopic (exact) mass is 331 g/mol. The first-order chi connectivity index (χ1) is 11.4. The molecular formula is C18H18FNO4. The normalized spacial score (nSPS) is 11.5. The predicted molar refractivity (Wildman–Crippen MR) is 87.6 cm³/mol. The van der Waals surface area contributed by atoms with E-state index in [1.807, 2.05) is 0 Å². The molecule has 0 unspecified atom stereocenters. The zero-order valence-corrected chi connectivity index (χ0v) is 13.6. The number of methoxy groups -OCH3 is 1. The maximum Gasteiger partial charge on any atom is 0.338 e. The van der Waals surface area contributed by atoms with Crippen LogP contribution < -0.4 is 10.1 Å². The molecular weight excluding hydrogens is 313 g/mol. The van der Waals surface area contributed by atoms with Gasteiger partial charge in [-0.05, 0) is 55.8 Å². The van der Waals surface area contributed by atoms with Crippen LogP contribution in [0.2, 0.25) is 0 Å². The van der Waals surface area contributed by atoms with Crippen LogP contribution in [0.25, 0.3) is 0 Å². The van der Waals surface area contributed by atoms with Crippen LogP contribution in [0.1, 0.15) is 22.8 Å². The van der Waals surface area contributed by atoms with E-state index in [2.05, 4.69) is 5.32 Å². The molecule has 24 heavy (non-hydrogen) atoms. The molecule has 0 bridgehead atoms. The van der Waals surface area contributed by atoms with Gasteiger partial charge in [-0.15, -0.1) is 0 Å². The van der Waals surface area contributed by atoms with Gasteiger partial charge in [0.2, 0.25) is 0 Å². The summed E-state index contributed by atoms with van der Waals surface area (Å²) in [6.07, 6.45) is -0.795. The molecule has 0 aliphatic heterocycles. The maximum absolute atomic E-state index is 12.9. The maximum atomic E-state index is 12.9. The summed E-state index contributed by atoms with van der Waals surface area (Å²) in [5.74, 6) is -0.850. The van der Waals surface area contributed by atoms with Crippen LogP contribution in [0.5, 0.6) is 5.75 Å². The number of hydrogen-bond donors (Lipinski definition) is 1. The van der Waals surface area contributed by atoms with Crippen molar-refractivity contribution in [1.82, 2.24) is 0 Å². The second-order valence-corrected chi connectivity index (χ2v) is 5.17. The van der Waals surface area contributed by atoms with Crippen LogP contribution >= 0.6 is 0 Å². The van der Waals surface area contributed by atoms with E-state index in [1.54, 1.807) is 32.0 Å². The number of carbonyl (C=O) groups is 2. The predicted octanol–water partition coefficient (Wildman–Crippen LogP) is 3.33. The minimum atomic E-state index is -0.795. The first kappa shape index (κ1) is 17.5. The fourth-order valence-corrected chi connectivity index (χ4v) is 2.11. The molecule has 5 nitrogen and oxygen atoms in total. The van der Waals surface area contributed by atoms with Crippen molar-refractivity contribution < 1.29 is 23.5 Å². The molecule has 126 valence electrons. The molecule has 2 aromatic carbocycles. The van der Waals surface area contributed by atoms with Crippen molar-refractivity contribution in [2.24, 2.45) is 0 Å². The lowest BCUT2D eigenvalue weighted by atomic mass is 10.1. The van der Waals surface area contributed by atoms with Crippen molar-refractivity contribution in [2.45, 2.75) is 20.0 Å². The third-order valence-electron chi connectivity index (χ3n) is 3.49. The van der Waals surface area contributed by atoms with E-state index in [0.717, 1.165) is 0 Å². The molecule has 0 radical (unpaired) electrons. The second-order valence-electron chi connectivity index (χ2n) is 5.17. The van der Waals surface area contributed by atoms with E-state index in [9.17, 15) is 14.0 Å². The molecule has 0 aliphatic rings. The van der Waals surface area contributed by atoms with Gasteiger partial charge in [-0.3, -0.25) is 4.79 Å². The topological polar surface area (TPSA) is 64.6 Å². The van der Waals surface area contributed by atoms with E-state index < -0.39 is 12.1 Å². The molecule has 0 saturated carbocycles. The minimum Gasteiger partial charge on any atom is -0.481 e. The van der Waals surface area contributed by atoms with Gasteiger partial charge < -0.3 is 14.8 Å². The minimum absolute atomic E-state index is 0.377. The molecule has 2 aromatic rings. The van der Waals surface area contributed by atoms with Crippen LogP contribution in [0, 0.1) is 12.7 Å². The fourth-order valence-electron chi connectivity index (χ4n) is 2.11. The Kier molecular flexibility index (Phi) is 5.52. The second kappa shape index (κ2) is 7.59. The van der Waals surface area contributed by atoms with E-state index in [-0.39, 0.29) is 11.7 Å². The molecule has 1 atom stereocenters. The quantitative estimate of drug-likeness (QED) is 0.854. The highest BCUT2D eigenvalue weighted by Crippen LogP contribution is 2.20. The molecule has 6 heteroatoms. The average molecular weight is 331 g/mol. The van der Waals surface area contributed by atoms with Crippen molar-refractivity contribution in [3.63, 3.8) is 0 Å². The third kappa shape index (κ3) is 4.10. The van der Waals surface area contributed by atoms with E-state index in [1.165, 1.54) is 31.4 Å². The Morgan fingerprint density at radius 2 is 1.79 bits per heavy atom. The molecule has 2 rings (SSSR count). The van der Waals surface area contributed by atoms with Gasteiger partial charge in [0, 0.05) is 5.69 Å². The number of carbonyl (C=O) groups excluding carboxylic acids is 2. The Labute approximate surface area is 139 Å². The highest BCUT2D eigenvalue weighted by molar-refractivity contribution is 5.98. The SMILES string of the molecule is COC(=O)c1cccc(NC(=O)[C@H](C)Oc2ccc(F)cc2)c1C. The Morgan fingerprint density at radius 1 is 1.12 bits per heavy atom. The number of benzene rings is 2. The number of nitrogens with one attached hydrogen (secondary N) is 1. The van der Waals surface area contributed by atoms with Gasteiger partial charge in [0.05, 0.1) is 12.7 Å². The number of ether oxygens (including phenoxy) is 2. The lowest BCUT2D eigenvalue weighted by Crippen LogP contribution is -2.30. The van der Waals surface area contributed by atoms with Crippen LogP contribution in [-0.4, -0.2) is 25.1 Å². The zero-order chi connectivity index (χ0) is 17.7. The highest BCUT2D eigenvalue weighted by atomic mass is 19.1. The molecule has 0 aliphatic carbocycles. The molecule has 0 aromatic heterocycles. The first-order valence-electron chi connectivity index (χ1n) is 7.33. The van der Waals surface area contributed by atoms with Gasteiger partial charge >= 0.3 is 5.97 Å². The highest BCUT2D eigenvalue weighted by Gasteiger charge is 2.18. The zero-order valence-electron chi connectivity index (χ0n) is 13.6. The molecule has 0 heterocycles. The molecule has 0 spiro atoms. The Morgan fingerprint density at radius 3 is 2.42 bits per heavy atom. The summed E-state index contributed by atoms with van der Waals surface area (Å²) < 4.78 is 23.1. The lowest BCUT2D eigenvalue weighted by Gasteiger charge is -2.16. The lowest BCUT2D eigenvalue weighted by molar-refractivity contribution is -0.122. The van der Waals surface area contributed by atoms with Gasteiger partial charge in [-0.2, -0.15) is 0 Å². The van der Waals surface area contributed by atoms with Crippen LogP contribution in [-0.2, 0) is 9.53 Å². The Hall–Kier alpha value is -2.89. The van der Waals surface area contributed by atoms with E-state index >= 15 is 0 Å². The van der Waals surface area contributed by atoms with Crippen molar-refractivity contribution in [1.29, 1.82) is 0 Å². The summed E-state index contributed by atoms with van der Waals surface area (Å²) >= 11 is 0. The van der Waals surface area contributed by atoms with Crippen LogP contribution in [0.15, 0.2) is 42.5 Å². The smallest absolute Gasteiger partial charge is 0.338 e. The molecule has 1 amide bonds. The Bertz CT molecular complexity index is 743. The van der Waals surface area contributed by atoms with Gasteiger partial charge in [0.15, 0.2) is 6.10 Å².